The average Bonchev–Trinajstić information content (AvgIpc) is 2.44. The molecular formula is C14H18N2O4. The Morgan fingerprint density at radius 1 is 1.15 bits per heavy atom. The molecule has 6 heteroatoms. The molecule has 108 valence electrons. The molecule has 0 radical (unpaired) electrons. The minimum Gasteiger partial charge on any atom is -0.456 e. The fourth-order valence-electron chi connectivity index (χ4n) is 1.48. The highest BCUT2D eigenvalue weighted by atomic mass is 16.5. The Labute approximate surface area is 117 Å². The van der Waals surface area contributed by atoms with E-state index >= 15 is 0 Å². The number of rotatable bonds is 6. The van der Waals surface area contributed by atoms with Crippen molar-refractivity contribution in [3.05, 3.63) is 35.9 Å². The molecule has 0 heterocycles. The Hall–Kier alpha value is -2.37. The van der Waals surface area contributed by atoms with Crippen LogP contribution in [0.5, 0.6) is 0 Å². The smallest absolute Gasteiger partial charge is 0.321 e. The molecule has 0 bridgehead atoms. The van der Waals surface area contributed by atoms with Gasteiger partial charge in [0.15, 0.2) is 6.61 Å². The van der Waals surface area contributed by atoms with Gasteiger partial charge in [-0.05, 0) is 18.9 Å². The molecule has 0 aliphatic carbocycles. The normalized spacial score (nSPS) is 9.65. The van der Waals surface area contributed by atoms with Gasteiger partial charge in [-0.1, -0.05) is 30.3 Å². The molecule has 0 saturated carbocycles. The zero-order valence-electron chi connectivity index (χ0n) is 11.3. The highest BCUT2D eigenvalue weighted by Gasteiger charge is 2.10. The van der Waals surface area contributed by atoms with E-state index in [0.29, 0.717) is 13.0 Å². The van der Waals surface area contributed by atoms with Crippen LogP contribution in [-0.4, -0.2) is 31.1 Å². The van der Waals surface area contributed by atoms with Gasteiger partial charge in [-0.3, -0.25) is 14.9 Å². The lowest BCUT2D eigenvalue weighted by Gasteiger charge is -2.06. The van der Waals surface area contributed by atoms with E-state index in [9.17, 15) is 14.4 Å². The maximum absolute atomic E-state index is 11.4. The van der Waals surface area contributed by atoms with Crippen molar-refractivity contribution in [3.8, 4) is 0 Å². The number of ether oxygens (including phenoxy) is 1. The Kier molecular flexibility index (Phi) is 6.81. The predicted octanol–water partition coefficient (Wildman–Crippen LogP) is 1.01. The van der Waals surface area contributed by atoms with E-state index in [0.717, 1.165) is 5.56 Å². The quantitative estimate of drug-likeness (QED) is 0.760. The number of aryl methyl sites for hydroxylation is 1. The molecule has 0 atom stereocenters. The van der Waals surface area contributed by atoms with Crippen LogP contribution < -0.4 is 10.6 Å². The van der Waals surface area contributed by atoms with Gasteiger partial charge in [0.1, 0.15) is 0 Å². The lowest BCUT2D eigenvalue weighted by Crippen LogP contribution is -2.41. The van der Waals surface area contributed by atoms with Crippen molar-refractivity contribution in [2.75, 3.05) is 13.2 Å². The van der Waals surface area contributed by atoms with E-state index in [1.807, 2.05) is 35.6 Å². The summed E-state index contributed by atoms with van der Waals surface area (Å²) in [5, 5.41) is 4.44. The van der Waals surface area contributed by atoms with E-state index < -0.39 is 24.5 Å². The van der Waals surface area contributed by atoms with Crippen LogP contribution in [0.3, 0.4) is 0 Å². The number of benzene rings is 1. The molecule has 0 saturated heterocycles. The minimum atomic E-state index is -0.649. The number of esters is 1. The first-order chi connectivity index (χ1) is 9.61. The van der Waals surface area contributed by atoms with E-state index in [-0.39, 0.29) is 6.42 Å². The van der Waals surface area contributed by atoms with Crippen molar-refractivity contribution in [1.82, 2.24) is 10.6 Å². The summed E-state index contributed by atoms with van der Waals surface area (Å²) >= 11 is 0. The van der Waals surface area contributed by atoms with Crippen molar-refractivity contribution in [3.63, 3.8) is 0 Å². The first-order valence-electron chi connectivity index (χ1n) is 6.39. The van der Waals surface area contributed by atoms with Gasteiger partial charge in [0.05, 0.1) is 0 Å². The Bertz CT molecular complexity index is 460. The third-order valence-electron chi connectivity index (χ3n) is 2.42. The van der Waals surface area contributed by atoms with Gasteiger partial charge in [-0.25, -0.2) is 4.79 Å². The topological polar surface area (TPSA) is 84.5 Å². The summed E-state index contributed by atoms with van der Waals surface area (Å²) in [5.41, 5.74) is 1.02. The molecular weight excluding hydrogens is 260 g/mol. The second kappa shape index (κ2) is 8.68. The van der Waals surface area contributed by atoms with Crippen molar-refractivity contribution < 1.29 is 19.1 Å². The molecule has 0 aromatic heterocycles. The molecule has 1 rings (SSSR count). The van der Waals surface area contributed by atoms with Crippen molar-refractivity contribution >= 4 is 17.9 Å². The first kappa shape index (κ1) is 15.7. The maximum Gasteiger partial charge on any atom is 0.321 e. The number of urea groups is 1. The first-order valence-corrected chi connectivity index (χ1v) is 6.39. The van der Waals surface area contributed by atoms with Crippen LogP contribution in [0.4, 0.5) is 4.79 Å². The van der Waals surface area contributed by atoms with Gasteiger partial charge in [0.2, 0.25) is 0 Å². The Morgan fingerprint density at radius 3 is 2.50 bits per heavy atom. The number of amides is 3. The van der Waals surface area contributed by atoms with Gasteiger partial charge >= 0.3 is 12.0 Å². The Morgan fingerprint density at radius 2 is 1.85 bits per heavy atom. The molecule has 0 aliphatic rings. The van der Waals surface area contributed by atoms with Crippen molar-refractivity contribution in [2.24, 2.45) is 0 Å². The SMILES string of the molecule is CCNC(=O)NC(=O)COC(=O)CCc1ccccc1. The molecule has 0 spiro atoms. The van der Waals surface area contributed by atoms with E-state index in [4.69, 9.17) is 4.74 Å². The van der Waals surface area contributed by atoms with Crippen LogP contribution in [0.2, 0.25) is 0 Å². The molecule has 0 fully saturated rings. The zero-order chi connectivity index (χ0) is 14.8. The second-order valence-corrected chi connectivity index (χ2v) is 4.05. The number of carbonyl (C=O) groups excluding carboxylic acids is 3. The third kappa shape index (κ3) is 6.53. The van der Waals surface area contributed by atoms with Gasteiger partial charge in [-0.2, -0.15) is 0 Å². The molecule has 1 aromatic rings. The lowest BCUT2D eigenvalue weighted by molar-refractivity contribution is -0.148. The van der Waals surface area contributed by atoms with Crippen LogP contribution in [0, 0.1) is 0 Å². The van der Waals surface area contributed by atoms with Gasteiger partial charge in [-0.15, -0.1) is 0 Å². The summed E-state index contributed by atoms with van der Waals surface area (Å²) < 4.78 is 4.77. The van der Waals surface area contributed by atoms with E-state index in [1.165, 1.54) is 0 Å². The molecule has 0 aliphatic heterocycles. The summed E-state index contributed by atoms with van der Waals surface area (Å²) in [7, 11) is 0. The van der Waals surface area contributed by atoms with Crippen LogP contribution in [-0.2, 0) is 20.7 Å². The van der Waals surface area contributed by atoms with Gasteiger partial charge in [0, 0.05) is 13.0 Å². The minimum absolute atomic E-state index is 0.193. The molecule has 0 unspecified atom stereocenters. The number of hydrogen-bond donors (Lipinski definition) is 2. The summed E-state index contributed by atoms with van der Waals surface area (Å²) in [6.07, 6.45) is 0.746. The Balaban J connectivity index is 2.19. The van der Waals surface area contributed by atoms with E-state index in [2.05, 4.69) is 5.32 Å². The highest BCUT2D eigenvalue weighted by molar-refractivity contribution is 5.95. The summed E-state index contributed by atoms with van der Waals surface area (Å²) in [6.45, 7) is 1.69. The largest absolute Gasteiger partial charge is 0.456 e. The highest BCUT2D eigenvalue weighted by Crippen LogP contribution is 2.03. The van der Waals surface area contributed by atoms with Crippen LogP contribution in [0.15, 0.2) is 30.3 Å². The van der Waals surface area contributed by atoms with Crippen molar-refractivity contribution in [2.45, 2.75) is 19.8 Å². The van der Waals surface area contributed by atoms with Gasteiger partial charge < -0.3 is 10.1 Å². The number of nitrogens with one attached hydrogen (secondary N) is 2. The molecule has 3 amide bonds. The second-order valence-electron chi connectivity index (χ2n) is 4.05. The summed E-state index contributed by atoms with van der Waals surface area (Å²) in [6, 6.07) is 8.90. The predicted molar refractivity (Wildman–Crippen MR) is 72.9 cm³/mol. The molecule has 6 nitrogen and oxygen atoms in total. The summed E-state index contributed by atoms with van der Waals surface area (Å²) in [4.78, 5) is 33.7. The molecule has 2 N–H and O–H groups in total. The zero-order valence-corrected chi connectivity index (χ0v) is 11.3. The molecule has 1 aromatic carbocycles. The monoisotopic (exact) mass is 278 g/mol. The van der Waals surface area contributed by atoms with Crippen LogP contribution in [0.1, 0.15) is 18.9 Å². The summed E-state index contributed by atoms with van der Waals surface area (Å²) in [5.74, 6) is -1.12. The van der Waals surface area contributed by atoms with Crippen molar-refractivity contribution in [1.29, 1.82) is 0 Å². The standard InChI is InChI=1S/C14H18N2O4/c1-2-15-14(19)16-12(17)10-20-13(18)9-8-11-6-4-3-5-7-11/h3-7H,2,8-10H2,1H3,(H2,15,16,17,19). The average molecular weight is 278 g/mol. The number of imide groups is 1. The van der Waals surface area contributed by atoms with Crippen LogP contribution in [0.25, 0.3) is 0 Å². The number of hydrogen-bond acceptors (Lipinski definition) is 4. The van der Waals surface area contributed by atoms with Crippen LogP contribution >= 0.6 is 0 Å². The molecule has 20 heavy (non-hydrogen) atoms. The maximum atomic E-state index is 11.4. The van der Waals surface area contributed by atoms with E-state index in [1.54, 1.807) is 6.92 Å². The third-order valence-corrected chi connectivity index (χ3v) is 2.42. The fraction of sp³-hybridized carbons (Fsp3) is 0.357. The number of carbonyl (C=O) groups is 3. The fourth-order valence-corrected chi connectivity index (χ4v) is 1.48. The van der Waals surface area contributed by atoms with Gasteiger partial charge in [0.25, 0.3) is 5.91 Å². The lowest BCUT2D eigenvalue weighted by atomic mass is 10.1.